The molecule has 2 aromatic rings. The number of nitrogens with zero attached hydrogens (tertiary/aromatic N) is 2. The number of hydrogen-bond donors (Lipinski definition) is 0. The minimum absolute atomic E-state index is 0.0409. The fourth-order valence-electron chi connectivity index (χ4n) is 3.44. The highest BCUT2D eigenvalue weighted by Gasteiger charge is 2.26. The second kappa shape index (κ2) is 10.3. The van der Waals surface area contributed by atoms with Crippen LogP contribution in [-0.4, -0.2) is 54.4 Å². The van der Waals surface area contributed by atoms with Gasteiger partial charge in [0.1, 0.15) is 5.75 Å². The lowest BCUT2D eigenvalue weighted by Gasteiger charge is -2.22. The molecule has 1 heterocycles. The van der Waals surface area contributed by atoms with Crippen LogP contribution in [-0.2, 0) is 4.79 Å². The van der Waals surface area contributed by atoms with Gasteiger partial charge in [0.2, 0.25) is 5.91 Å². The van der Waals surface area contributed by atoms with E-state index in [-0.39, 0.29) is 12.5 Å². The Kier molecular flexibility index (Phi) is 7.55. The van der Waals surface area contributed by atoms with Gasteiger partial charge in [-0.05, 0) is 44.0 Å². The number of carbonyl (C=O) groups is 2. The molecule has 1 saturated heterocycles. The molecule has 0 radical (unpaired) electrons. The number of aryl methyl sites for hydroxylation is 1. The predicted octanol–water partition coefficient (Wildman–Crippen LogP) is 3.95. The zero-order valence-electron chi connectivity index (χ0n) is 17.4. The van der Waals surface area contributed by atoms with Crippen molar-refractivity contribution in [3.05, 3.63) is 65.0 Å². The van der Waals surface area contributed by atoms with Crippen LogP contribution in [0.15, 0.2) is 36.4 Å². The van der Waals surface area contributed by atoms with Gasteiger partial charge in [-0.1, -0.05) is 17.7 Å². The van der Waals surface area contributed by atoms with Gasteiger partial charge in [0.05, 0.1) is 12.2 Å². The maximum absolute atomic E-state index is 14.0. The molecule has 0 bridgehead atoms. The monoisotopic (exact) mass is 434 g/mol. The van der Waals surface area contributed by atoms with Crippen molar-refractivity contribution < 1.29 is 27.5 Å². The molecule has 0 N–H and O–H groups in total. The Hall–Kier alpha value is -3.03. The molecule has 0 atom stereocenters. The van der Waals surface area contributed by atoms with Crippen molar-refractivity contribution in [1.29, 1.82) is 0 Å². The van der Waals surface area contributed by atoms with Crippen molar-refractivity contribution in [3.63, 3.8) is 0 Å². The highest BCUT2D eigenvalue weighted by molar-refractivity contribution is 5.94. The Bertz CT molecular complexity index is 934. The van der Waals surface area contributed by atoms with Gasteiger partial charge in [-0.15, -0.1) is 0 Å². The molecule has 31 heavy (non-hydrogen) atoms. The van der Waals surface area contributed by atoms with E-state index in [1.54, 1.807) is 4.90 Å². The van der Waals surface area contributed by atoms with Crippen LogP contribution >= 0.6 is 0 Å². The quantitative estimate of drug-likeness (QED) is 0.511. The van der Waals surface area contributed by atoms with Crippen molar-refractivity contribution in [2.45, 2.75) is 26.2 Å². The smallest absolute Gasteiger partial charge is 0.257 e. The molecule has 8 heteroatoms. The van der Waals surface area contributed by atoms with E-state index in [1.807, 2.05) is 31.2 Å². The summed E-state index contributed by atoms with van der Waals surface area (Å²) in [5.41, 5.74) is 0.635. The van der Waals surface area contributed by atoms with E-state index in [4.69, 9.17) is 4.74 Å². The van der Waals surface area contributed by atoms with E-state index in [0.29, 0.717) is 45.5 Å². The summed E-state index contributed by atoms with van der Waals surface area (Å²) in [6.07, 6.45) is 1.40. The standard InChI is InChI=1S/C23H25F3N2O3/c1-16-5-7-17(8-6-16)31-15-2-4-20(29)27-11-3-12-28(14-13-27)23(30)18-9-10-19(24)22(26)21(18)25/h5-10H,2-4,11-15H2,1H3. The molecule has 3 rings (SSSR count). The summed E-state index contributed by atoms with van der Waals surface area (Å²) in [5.74, 6) is -4.49. The van der Waals surface area contributed by atoms with Crippen LogP contribution in [0.3, 0.4) is 0 Å². The first-order valence-corrected chi connectivity index (χ1v) is 10.3. The van der Waals surface area contributed by atoms with Gasteiger partial charge >= 0.3 is 0 Å². The predicted molar refractivity (Wildman–Crippen MR) is 109 cm³/mol. The zero-order chi connectivity index (χ0) is 22.4. The number of hydrogen-bond acceptors (Lipinski definition) is 3. The first-order chi connectivity index (χ1) is 14.9. The van der Waals surface area contributed by atoms with Gasteiger partial charge in [0.15, 0.2) is 17.5 Å². The normalized spacial score (nSPS) is 14.3. The lowest BCUT2D eigenvalue weighted by molar-refractivity contribution is -0.131. The molecule has 1 fully saturated rings. The third-order valence-corrected chi connectivity index (χ3v) is 5.23. The minimum atomic E-state index is -1.66. The first kappa shape index (κ1) is 22.7. The van der Waals surface area contributed by atoms with E-state index in [1.165, 1.54) is 4.90 Å². The van der Waals surface area contributed by atoms with Crippen LogP contribution in [0.25, 0.3) is 0 Å². The Balaban J connectivity index is 1.47. The summed E-state index contributed by atoms with van der Waals surface area (Å²) in [7, 11) is 0. The number of halogens is 3. The first-order valence-electron chi connectivity index (χ1n) is 10.3. The summed E-state index contributed by atoms with van der Waals surface area (Å²) < 4.78 is 46.2. The molecule has 1 aliphatic heterocycles. The number of carbonyl (C=O) groups excluding carboxylic acids is 2. The van der Waals surface area contributed by atoms with Crippen molar-refractivity contribution in [1.82, 2.24) is 9.80 Å². The summed E-state index contributed by atoms with van der Waals surface area (Å²) >= 11 is 0. The van der Waals surface area contributed by atoms with Crippen molar-refractivity contribution in [2.24, 2.45) is 0 Å². The fourth-order valence-corrected chi connectivity index (χ4v) is 3.44. The highest BCUT2D eigenvalue weighted by Crippen LogP contribution is 2.18. The van der Waals surface area contributed by atoms with E-state index in [0.717, 1.165) is 23.4 Å². The zero-order valence-corrected chi connectivity index (χ0v) is 17.4. The lowest BCUT2D eigenvalue weighted by Crippen LogP contribution is -2.37. The Labute approximate surface area is 179 Å². The SMILES string of the molecule is Cc1ccc(OCCCC(=O)N2CCCN(C(=O)c3ccc(F)c(F)c3F)CC2)cc1. The maximum Gasteiger partial charge on any atom is 0.257 e. The molecule has 0 aromatic heterocycles. The maximum atomic E-state index is 14.0. The van der Waals surface area contributed by atoms with Crippen LogP contribution in [0.2, 0.25) is 0 Å². The van der Waals surface area contributed by atoms with Gasteiger partial charge in [-0.2, -0.15) is 0 Å². The summed E-state index contributed by atoms with van der Waals surface area (Å²) in [6, 6.07) is 9.35. The van der Waals surface area contributed by atoms with Crippen LogP contribution in [0.4, 0.5) is 13.2 Å². The van der Waals surface area contributed by atoms with E-state index in [2.05, 4.69) is 0 Å². The Morgan fingerprint density at radius 3 is 2.32 bits per heavy atom. The van der Waals surface area contributed by atoms with Crippen LogP contribution < -0.4 is 4.74 Å². The fraction of sp³-hybridized carbons (Fsp3) is 0.391. The van der Waals surface area contributed by atoms with Gasteiger partial charge in [0.25, 0.3) is 5.91 Å². The molecule has 0 spiro atoms. The number of amides is 2. The molecule has 0 unspecified atom stereocenters. The topological polar surface area (TPSA) is 49.9 Å². The molecule has 5 nitrogen and oxygen atoms in total. The lowest BCUT2D eigenvalue weighted by atomic mass is 10.1. The molecule has 2 aromatic carbocycles. The Morgan fingerprint density at radius 2 is 1.58 bits per heavy atom. The van der Waals surface area contributed by atoms with Gasteiger partial charge in [-0.3, -0.25) is 9.59 Å². The summed E-state index contributed by atoms with van der Waals surface area (Å²) in [6.45, 7) is 3.69. The third kappa shape index (κ3) is 5.77. The Morgan fingerprint density at radius 1 is 0.903 bits per heavy atom. The summed E-state index contributed by atoms with van der Waals surface area (Å²) in [5, 5.41) is 0. The van der Waals surface area contributed by atoms with E-state index < -0.39 is 28.9 Å². The van der Waals surface area contributed by atoms with Crippen LogP contribution in [0.5, 0.6) is 5.75 Å². The number of rotatable bonds is 6. The average molecular weight is 434 g/mol. The second-order valence-electron chi connectivity index (χ2n) is 7.51. The molecule has 0 aliphatic carbocycles. The molecule has 2 amide bonds. The van der Waals surface area contributed by atoms with Crippen molar-refractivity contribution in [2.75, 3.05) is 32.8 Å². The van der Waals surface area contributed by atoms with E-state index >= 15 is 0 Å². The minimum Gasteiger partial charge on any atom is -0.494 e. The van der Waals surface area contributed by atoms with Gasteiger partial charge < -0.3 is 14.5 Å². The third-order valence-electron chi connectivity index (χ3n) is 5.23. The van der Waals surface area contributed by atoms with Gasteiger partial charge in [-0.25, -0.2) is 13.2 Å². The van der Waals surface area contributed by atoms with Crippen LogP contribution in [0.1, 0.15) is 35.2 Å². The number of benzene rings is 2. The second-order valence-corrected chi connectivity index (χ2v) is 7.51. The van der Waals surface area contributed by atoms with Crippen molar-refractivity contribution in [3.8, 4) is 5.75 Å². The molecule has 166 valence electrons. The molecular formula is C23H25F3N2O3. The number of ether oxygens (including phenoxy) is 1. The van der Waals surface area contributed by atoms with E-state index in [9.17, 15) is 22.8 Å². The van der Waals surface area contributed by atoms with Crippen LogP contribution in [0, 0.1) is 24.4 Å². The van der Waals surface area contributed by atoms with Crippen molar-refractivity contribution >= 4 is 11.8 Å². The van der Waals surface area contributed by atoms with Gasteiger partial charge in [0, 0.05) is 32.6 Å². The molecule has 0 saturated carbocycles. The molecule has 1 aliphatic rings. The average Bonchev–Trinajstić information content (AvgIpc) is 3.02. The largest absolute Gasteiger partial charge is 0.494 e. The highest BCUT2D eigenvalue weighted by atomic mass is 19.2. The molecular weight excluding hydrogens is 409 g/mol. The summed E-state index contributed by atoms with van der Waals surface area (Å²) in [4.78, 5) is 28.1.